The molecule has 0 fully saturated rings. The van der Waals surface area contributed by atoms with Crippen LogP contribution in [0, 0.1) is 0 Å². The quantitative estimate of drug-likeness (QED) is 0.225. The average molecular weight is 655 g/mol. The number of carbonyl (C=O) groups is 2. The molecule has 0 aliphatic carbocycles. The van der Waals surface area contributed by atoms with E-state index < -0.39 is 34.4 Å². The first-order valence-corrected chi connectivity index (χ1v) is 16.0. The van der Waals surface area contributed by atoms with Gasteiger partial charge in [-0.05, 0) is 87.9 Å². The lowest BCUT2D eigenvalue weighted by Gasteiger charge is -2.33. The van der Waals surface area contributed by atoms with Crippen LogP contribution in [0.15, 0.2) is 71.6 Å². The van der Waals surface area contributed by atoms with E-state index in [-0.39, 0.29) is 23.2 Å². The van der Waals surface area contributed by atoms with E-state index in [9.17, 15) is 18.0 Å². The van der Waals surface area contributed by atoms with E-state index in [1.54, 1.807) is 49.4 Å². The van der Waals surface area contributed by atoms with Gasteiger partial charge < -0.3 is 15.0 Å². The molecule has 0 saturated carbocycles. The van der Waals surface area contributed by atoms with Gasteiger partial charge in [-0.3, -0.25) is 13.9 Å². The summed E-state index contributed by atoms with van der Waals surface area (Å²) in [5.41, 5.74) is 0.666. The minimum atomic E-state index is -4.25. The monoisotopic (exact) mass is 653 g/mol. The molecule has 3 aromatic carbocycles. The molecule has 0 aromatic heterocycles. The van der Waals surface area contributed by atoms with Crippen molar-refractivity contribution in [1.82, 2.24) is 10.2 Å². The predicted octanol–water partition coefficient (Wildman–Crippen LogP) is 6.57. The minimum Gasteiger partial charge on any atom is -0.494 e. The van der Waals surface area contributed by atoms with Gasteiger partial charge in [-0.25, -0.2) is 8.42 Å². The Labute approximate surface area is 262 Å². The molecule has 0 bridgehead atoms. The van der Waals surface area contributed by atoms with Crippen LogP contribution in [-0.2, 0) is 26.2 Å². The first-order valence-electron chi connectivity index (χ1n) is 13.4. The fourth-order valence-corrected chi connectivity index (χ4v) is 6.10. The van der Waals surface area contributed by atoms with Gasteiger partial charge in [-0.1, -0.05) is 47.8 Å². The number of nitrogens with one attached hydrogen (secondary N) is 1. The van der Waals surface area contributed by atoms with E-state index in [1.807, 2.05) is 20.8 Å². The third kappa shape index (κ3) is 8.31. The van der Waals surface area contributed by atoms with Crippen LogP contribution in [0.1, 0.15) is 39.7 Å². The van der Waals surface area contributed by atoms with E-state index in [0.717, 1.165) is 4.31 Å². The summed E-state index contributed by atoms with van der Waals surface area (Å²) in [4.78, 5) is 28.5. The zero-order chi connectivity index (χ0) is 31.0. The summed E-state index contributed by atoms with van der Waals surface area (Å²) in [6, 6.07) is 15.8. The van der Waals surface area contributed by atoms with Crippen LogP contribution in [0.2, 0.25) is 15.1 Å². The lowest BCUT2D eigenvalue weighted by Crippen LogP contribution is -2.52. The summed E-state index contributed by atoms with van der Waals surface area (Å²) in [6.45, 7) is 6.90. The smallest absolute Gasteiger partial charge is 0.264 e. The van der Waals surface area contributed by atoms with Crippen molar-refractivity contribution in [3.05, 3.63) is 87.4 Å². The largest absolute Gasteiger partial charge is 0.494 e. The first-order chi connectivity index (χ1) is 19.9. The number of hydrogen-bond acceptors (Lipinski definition) is 5. The van der Waals surface area contributed by atoms with E-state index >= 15 is 0 Å². The van der Waals surface area contributed by atoms with E-state index in [4.69, 9.17) is 39.5 Å². The van der Waals surface area contributed by atoms with Crippen molar-refractivity contribution in [2.45, 2.75) is 57.6 Å². The van der Waals surface area contributed by atoms with Crippen LogP contribution in [0.5, 0.6) is 5.75 Å². The molecule has 2 amide bonds. The van der Waals surface area contributed by atoms with Crippen LogP contribution in [0.4, 0.5) is 5.69 Å². The second kappa shape index (κ2) is 15.0. The highest BCUT2D eigenvalue weighted by Crippen LogP contribution is 2.29. The fourth-order valence-electron chi connectivity index (χ4n) is 4.04. The second-order valence-corrected chi connectivity index (χ2v) is 12.7. The molecule has 2 atom stereocenters. The molecule has 8 nitrogen and oxygen atoms in total. The highest BCUT2D eigenvalue weighted by Gasteiger charge is 2.33. The molecule has 1 N–H and O–H groups in total. The zero-order valence-corrected chi connectivity index (χ0v) is 26.9. The summed E-state index contributed by atoms with van der Waals surface area (Å²) in [5, 5.41) is 3.87. The van der Waals surface area contributed by atoms with Gasteiger partial charge in [0, 0.05) is 33.2 Å². The number of halogens is 3. The molecule has 3 rings (SSSR count). The summed E-state index contributed by atoms with van der Waals surface area (Å²) in [7, 11) is -4.25. The van der Waals surface area contributed by atoms with Crippen molar-refractivity contribution in [2.75, 3.05) is 17.5 Å². The molecule has 0 aliphatic rings. The van der Waals surface area contributed by atoms with Gasteiger partial charge in [0.1, 0.15) is 18.3 Å². The number of amides is 2. The molecule has 42 heavy (non-hydrogen) atoms. The lowest BCUT2D eigenvalue weighted by atomic mass is 10.1. The molecule has 0 heterocycles. The van der Waals surface area contributed by atoms with Crippen molar-refractivity contribution < 1.29 is 22.7 Å². The van der Waals surface area contributed by atoms with Crippen molar-refractivity contribution in [2.24, 2.45) is 0 Å². The van der Waals surface area contributed by atoms with Gasteiger partial charge >= 0.3 is 0 Å². The molecule has 3 aromatic rings. The Morgan fingerprint density at radius 2 is 1.50 bits per heavy atom. The zero-order valence-electron chi connectivity index (χ0n) is 23.8. The van der Waals surface area contributed by atoms with Crippen molar-refractivity contribution >= 4 is 62.3 Å². The van der Waals surface area contributed by atoms with Crippen LogP contribution >= 0.6 is 34.8 Å². The standard InChI is InChI=1S/C30H34Cl3N3O5S/c1-5-20(3)34-30(38)21(4)35(18-26-27(32)8-7-9-28(26)33)29(37)19-36(23-12-14-24(15-13-23)41-6-2)42(39,40)25-16-10-22(31)11-17-25/h7-17,20-21H,5-6,18-19H2,1-4H3,(H,34,38). The fraction of sp³-hybridized carbons (Fsp3) is 0.333. The maximum absolute atomic E-state index is 14.1. The molecular formula is C30H34Cl3N3O5S. The Balaban J connectivity index is 2.07. The summed E-state index contributed by atoms with van der Waals surface area (Å²) in [6.07, 6.45) is 0.688. The molecule has 0 aliphatic heterocycles. The topological polar surface area (TPSA) is 96.0 Å². The second-order valence-electron chi connectivity index (χ2n) is 9.61. The Bertz CT molecular complexity index is 1460. The Hall–Kier alpha value is -2.98. The van der Waals surface area contributed by atoms with Crippen LogP contribution in [0.25, 0.3) is 0 Å². The predicted molar refractivity (Wildman–Crippen MR) is 168 cm³/mol. The number of sulfonamides is 1. The third-order valence-corrected chi connectivity index (χ3v) is 9.42. The normalized spacial score (nSPS) is 12.7. The molecule has 226 valence electrons. The maximum atomic E-state index is 14.1. The number of ether oxygens (including phenoxy) is 1. The Morgan fingerprint density at radius 1 is 0.905 bits per heavy atom. The highest BCUT2D eigenvalue weighted by atomic mass is 35.5. The van der Waals surface area contributed by atoms with Crippen molar-refractivity contribution in [1.29, 1.82) is 0 Å². The third-order valence-electron chi connectivity index (χ3n) is 6.67. The molecule has 0 radical (unpaired) electrons. The van der Waals surface area contributed by atoms with Gasteiger partial charge in [-0.2, -0.15) is 0 Å². The lowest BCUT2D eigenvalue weighted by molar-refractivity contribution is -0.139. The molecule has 0 saturated heterocycles. The van der Waals surface area contributed by atoms with E-state index in [0.29, 0.717) is 39.4 Å². The van der Waals surface area contributed by atoms with Crippen LogP contribution in [-0.4, -0.2) is 50.4 Å². The number of rotatable bonds is 13. The minimum absolute atomic E-state index is 0.0585. The van der Waals surface area contributed by atoms with Gasteiger partial charge in [0.05, 0.1) is 17.2 Å². The number of anilines is 1. The van der Waals surface area contributed by atoms with Gasteiger partial charge in [0.2, 0.25) is 11.8 Å². The average Bonchev–Trinajstić information content (AvgIpc) is 2.96. The molecule has 12 heteroatoms. The Morgan fingerprint density at radius 3 is 2.05 bits per heavy atom. The Kier molecular flexibility index (Phi) is 11.9. The molecule has 2 unspecified atom stereocenters. The first kappa shape index (κ1) is 33.5. The number of nitrogens with zero attached hydrogens (tertiary/aromatic N) is 2. The van der Waals surface area contributed by atoms with Crippen LogP contribution in [0.3, 0.4) is 0 Å². The number of benzene rings is 3. The van der Waals surface area contributed by atoms with E-state index in [2.05, 4.69) is 5.32 Å². The van der Waals surface area contributed by atoms with Crippen molar-refractivity contribution in [3.63, 3.8) is 0 Å². The summed E-state index contributed by atoms with van der Waals surface area (Å²) in [5.74, 6) is -0.486. The summed E-state index contributed by atoms with van der Waals surface area (Å²) < 4.78 is 34.4. The number of carbonyl (C=O) groups excluding carboxylic acids is 2. The van der Waals surface area contributed by atoms with Crippen molar-refractivity contribution in [3.8, 4) is 5.75 Å². The maximum Gasteiger partial charge on any atom is 0.264 e. The van der Waals surface area contributed by atoms with E-state index in [1.165, 1.54) is 29.2 Å². The van der Waals surface area contributed by atoms with Gasteiger partial charge in [0.25, 0.3) is 10.0 Å². The molecular weight excluding hydrogens is 621 g/mol. The SMILES string of the molecule is CCOc1ccc(N(CC(=O)N(Cc2c(Cl)cccc2Cl)C(C)C(=O)NC(C)CC)S(=O)(=O)c2ccc(Cl)cc2)cc1. The summed E-state index contributed by atoms with van der Waals surface area (Å²) >= 11 is 18.9. The molecule has 0 spiro atoms. The highest BCUT2D eigenvalue weighted by molar-refractivity contribution is 7.92. The number of hydrogen-bond donors (Lipinski definition) is 1. The van der Waals surface area contributed by atoms with Crippen LogP contribution < -0.4 is 14.4 Å². The van der Waals surface area contributed by atoms with Gasteiger partial charge in [0.15, 0.2) is 0 Å². The van der Waals surface area contributed by atoms with Gasteiger partial charge in [-0.15, -0.1) is 0 Å².